The Morgan fingerprint density at radius 2 is 1.89 bits per heavy atom. The third-order valence-electron chi connectivity index (χ3n) is 4.68. The van der Waals surface area contributed by atoms with Crippen molar-refractivity contribution in [3.05, 3.63) is 53.6 Å². The SMILES string of the molecule is CCNC=C1CCC1.CCNc1cc(-n2cc3cc(C)cnc3n2)c(C)cn1. The zero-order valence-corrected chi connectivity index (χ0v) is 17.3. The monoisotopic (exact) mass is 378 g/mol. The largest absolute Gasteiger partial charge is 0.391 e. The van der Waals surface area contributed by atoms with Crippen molar-refractivity contribution in [2.24, 2.45) is 0 Å². The lowest BCUT2D eigenvalue weighted by Gasteiger charge is -2.15. The van der Waals surface area contributed by atoms with Crippen LogP contribution >= 0.6 is 0 Å². The number of aromatic nitrogens is 4. The molecule has 3 aromatic heterocycles. The van der Waals surface area contributed by atoms with Crippen molar-refractivity contribution in [3.63, 3.8) is 0 Å². The van der Waals surface area contributed by atoms with Crippen LogP contribution in [0.5, 0.6) is 0 Å². The van der Waals surface area contributed by atoms with Gasteiger partial charge in [-0.1, -0.05) is 5.57 Å². The fourth-order valence-corrected chi connectivity index (χ4v) is 2.96. The minimum Gasteiger partial charge on any atom is -0.391 e. The van der Waals surface area contributed by atoms with Crippen LogP contribution in [0.2, 0.25) is 0 Å². The van der Waals surface area contributed by atoms with E-state index in [1.807, 2.05) is 43.2 Å². The van der Waals surface area contributed by atoms with Crippen molar-refractivity contribution < 1.29 is 0 Å². The van der Waals surface area contributed by atoms with Crippen molar-refractivity contribution in [2.75, 3.05) is 18.4 Å². The van der Waals surface area contributed by atoms with Crippen molar-refractivity contribution in [1.82, 2.24) is 25.1 Å². The molecule has 4 rings (SSSR count). The highest BCUT2D eigenvalue weighted by molar-refractivity contribution is 5.75. The maximum Gasteiger partial charge on any atom is 0.181 e. The van der Waals surface area contributed by atoms with Crippen LogP contribution < -0.4 is 10.6 Å². The summed E-state index contributed by atoms with van der Waals surface area (Å²) in [7, 11) is 0. The second-order valence-electron chi connectivity index (χ2n) is 7.10. The van der Waals surface area contributed by atoms with Crippen molar-refractivity contribution in [2.45, 2.75) is 47.0 Å². The topological polar surface area (TPSA) is 67.7 Å². The number of fused-ring (bicyclic) bond motifs is 1. The summed E-state index contributed by atoms with van der Waals surface area (Å²) in [5.74, 6) is 0.858. The fourth-order valence-electron chi connectivity index (χ4n) is 2.96. The van der Waals surface area contributed by atoms with Crippen LogP contribution in [0, 0.1) is 13.8 Å². The summed E-state index contributed by atoms with van der Waals surface area (Å²) in [5, 5.41) is 12.0. The van der Waals surface area contributed by atoms with Crippen molar-refractivity contribution >= 4 is 16.9 Å². The zero-order valence-electron chi connectivity index (χ0n) is 17.3. The van der Waals surface area contributed by atoms with E-state index in [1.54, 1.807) is 5.57 Å². The average molecular weight is 379 g/mol. The van der Waals surface area contributed by atoms with Crippen LogP contribution in [-0.4, -0.2) is 32.8 Å². The molecule has 3 heterocycles. The minimum atomic E-state index is 0.761. The Balaban J connectivity index is 0.000000236. The number of nitrogens with zero attached hydrogens (tertiary/aromatic N) is 4. The molecule has 1 aliphatic rings. The third kappa shape index (κ3) is 4.88. The number of pyridine rings is 2. The molecule has 0 aromatic carbocycles. The molecule has 0 radical (unpaired) electrons. The molecule has 3 aromatic rings. The van der Waals surface area contributed by atoms with Crippen LogP contribution in [-0.2, 0) is 0 Å². The predicted octanol–water partition coefficient (Wildman–Crippen LogP) is 4.53. The lowest BCUT2D eigenvalue weighted by Crippen LogP contribution is -2.07. The van der Waals surface area contributed by atoms with E-state index in [1.165, 1.54) is 19.3 Å². The molecular weight excluding hydrogens is 348 g/mol. The Labute approximate surface area is 167 Å². The summed E-state index contributed by atoms with van der Waals surface area (Å²) in [6, 6.07) is 4.10. The van der Waals surface area contributed by atoms with Gasteiger partial charge in [0, 0.05) is 43.1 Å². The summed E-state index contributed by atoms with van der Waals surface area (Å²) in [6.45, 7) is 10.1. The molecule has 0 bridgehead atoms. The van der Waals surface area contributed by atoms with Gasteiger partial charge < -0.3 is 10.6 Å². The van der Waals surface area contributed by atoms with Gasteiger partial charge in [-0.05, 0) is 70.4 Å². The first-order valence-corrected chi connectivity index (χ1v) is 10.0. The number of aryl methyl sites for hydroxylation is 2. The van der Waals surface area contributed by atoms with E-state index in [0.717, 1.165) is 46.8 Å². The van der Waals surface area contributed by atoms with Gasteiger partial charge >= 0.3 is 0 Å². The van der Waals surface area contributed by atoms with Gasteiger partial charge in [0.25, 0.3) is 0 Å². The highest BCUT2D eigenvalue weighted by Crippen LogP contribution is 2.23. The van der Waals surface area contributed by atoms with Gasteiger partial charge in [-0.3, -0.25) is 0 Å². The molecule has 0 saturated heterocycles. The van der Waals surface area contributed by atoms with E-state index in [2.05, 4.69) is 51.8 Å². The van der Waals surface area contributed by atoms with Gasteiger partial charge in [0.2, 0.25) is 0 Å². The molecule has 0 spiro atoms. The highest BCUT2D eigenvalue weighted by Gasteiger charge is 2.08. The van der Waals surface area contributed by atoms with Crippen LogP contribution in [0.1, 0.15) is 44.2 Å². The number of hydrogen-bond acceptors (Lipinski definition) is 5. The first-order valence-electron chi connectivity index (χ1n) is 10.0. The Bertz CT molecular complexity index is 951. The lowest BCUT2D eigenvalue weighted by atomic mass is 9.94. The lowest BCUT2D eigenvalue weighted by molar-refractivity contribution is 0.649. The van der Waals surface area contributed by atoms with Gasteiger partial charge in [0.1, 0.15) is 5.82 Å². The normalized spacial score (nSPS) is 12.8. The Morgan fingerprint density at radius 1 is 1.07 bits per heavy atom. The molecule has 2 N–H and O–H groups in total. The van der Waals surface area contributed by atoms with Gasteiger partial charge in [-0.15, -0.1) is 5.10 Å². The number of rotatable bonds is 5. The van der Waals surface area contributed by atoms with E-state index in [4.69, 9.17) is 0 Å². The molecule has 0 amide bonds. The molecule has 6 heteroatoms. The van der Waals surface area contributed by atoms with E-state index >= 15 is 0 Å². The van der Waals surface area contributed by atoms with Gasteiger partial charge in [-0.2, -0.15) is 0 Å². The third-order valence-corrected chi connectivity index (χ3v) is 4.68. The first kappa shape index (κ1) is 19.9. The highest BCUT2D eigenvalue weighted by atomic mass is 15.3. The fraction of sp³-hybridized carbons (Fsp3) is 0.409. The second kappa shape index (κ2) is 9.35. The molecular formula is C22H30N6. The average Bonchev–Trinajstić information content (AvgIpc) is 3.06. The molecule has 148 valence electrons. The van der Waals surface area contributed by atoms with E-state index in [-0.39, 0.29) is 0 Å². The second-order valence-corrected chi connectivity index (χ2v) is 7.10. The number of allylic oxidation sites excluding steroid dienone is 1. The van der Waals surface area contributed by atoms with Crippen LogP contribution in [0.4, 0.5) is 5.82 Å². The summed E-state index contributed by atoms with van der Waals surface area (Å²) < 4.78 is 1.87. The zero-order chi connectivity index (χ0) is 19.9. The molecule has 1 fully saturated rings. The molecule has 28 heavy (non-hydrogen) atoms. The Kier molecular flexibility index (Phi) is 6.63. The number of hydrogen-bond donors (Lipinski definition) is 2. The molecule has 0 unspecified atom stereocenters. The standard InChI is InChI=1S/C15H17N5.C7H13N/c1-4-16-14-6-13(11(3)8-17-14)20-9-12-5-10(2)7-18-15(12)19-20;1-2-8-6-7-4-3-5-7/h5-9H,4H2,1-3H3,(H,16,17);6,8H,2-5H2,1H3. The summed E-state index contributed by atoms with van der Waals surface area (Å²) in [6.07, 6.45) is 11.9. The Morgan fingerprint density at radius 3 is 2.57 bits per heavy atom. The predicted molar refractivity (Wildman–Crippen MR) is 116 cm³/mol. The minimum absolute atomic E-state index is 0.761. The van der Waals surface area contributed by atoms with Gasteiger partial charge in [0.15, 0.2) is 5.65 Å². The number of anilines is 1. The smallest absolute Gasteiger partial charge is 0.181 e. The summed E-state index contributed by atoms with van der Waals surface area (Å²) in [5.41, 5.74) is 5.59. The summed E-state index contributed by atoms with van der Waals surface area (Å²) in [4.78, 5) is 8.71. The number of nitrogens with one attached hydrogen (secondary N) is 2. The van der Waals surface area contributed by atoms with E-state index < -0.39 is 0 Å². The van der Waals surface area contributed by atoms with Crippen LogP contribution in [0.3, 0.4) is 0 Å². The molecule has 1 aliphatic carbocycles. The molecule has 0 atom stereocenters. The van der Waals surface area contributed by atoms with Crippen molar-refractivity contribution in [3.8, 4) is 5.69 Å². The quantitative estimate of drug-likeness (QED) is 0.683. The van der Waals surface area contributed by atoms with Gasteiger partial charge in [-0.25, -0.2) is 14.6 Å². The van der Waals surface area contributed by atoms with Gasteiger partial charge in [0.05, 0.1) is 5.69 Å². The van der Waals surface area contributed by atoms with Crippen molar-refractivity contribution in [1.29, 1.82) is 0 Å². The van der Waals surface area contributed by atoms with E-state index in [9.17, 15) is 0 Å². The summed E-state index contributed by atoms with van der Waals surface area (Å²) >= 11 is 0. The van der Waals surface area contributed by atoms with E-state index in [0.29, 0.717) is 0 Å². The molecule has 1 saturated carbocycles. The van der Waals surface area contributed by atoms with Crippen LogP contribution in [0.25, 0.3) is 16.7 Å². The maximum atomic E-state index is 4.54. The molecule has 6 nitrogen and oxygen atoms in total. The molecule has 0 aliphatic heterocycles. The van der Waals surface area contributed by atoms with Crippen LogP contribution in [0.15, 0.2) is 42.5 Å². The maximum absolute atomic E-state index is 4.54. The first-order chi connectivity index (χ1) is 13.6. The Hall–Kier alpha value is -2.89.